The summed E-state index contributed by atoms with van der Waals surface area (Å²) in [6, 6.07) is 14.4. The standard InChI is InChI=1S/C20H23BrN2O3/c1-2-26-13-3-12-22-19(24)16-6-4-15(5-7-16)14-23-20(25)17-8-10-18(21)11-9-17/h4-11H,2-3,12-14H2,1H3,(H,22,24)(H,23,25). The van der Waals surface area contributed by atoms with Crippen LogP contribution in [0.15, 0.2) is 53.0 Å². The maximum atomic E-state index is 12.1. The van der Waals surface area contributed by atoms with Crippen LogP contribution >= 0.6 is 15.9 Å². The van der Waals surface area contributed by atoms with Crippen molar-refractivity contribution in [3.05, 3.63) is 69.7 Å². The van der Waals surface area contributed by atoms with Crippen LogP contribution in [0.25, 0.3) is 0 Å². The Morgan fingerprint density at radius 2 is 1.50 bits per heavy atom. The molecule has 0 bridgehead atoms. The van der Waals surface area contributed by atoms with E-state index in [0.29, 0.717) is 37.4 Å². The van der Waals surface area contributed by atoms with Crippen molar-refractivity contribution in [2.45, 2.75) is 19.9 Å². The fourth-order valence-corrected chi connectivity index (χ4v) is 2.55. The molecule has 2 aromatic rings. The van der Waals surface area contributed by atoms with Gasteiger partial charge < -0.3 is 15.4 Å². The number of ether oxygens (including phenoxy) is 1. The maximum Gasteiger partial charge on any atom is 0.251 e. The van der Waals surface area contributed by atoms with Gasteiger partial charge in [0.15, 0.2) is 0 Å². The molecule has 0 heterocycles. The first-order valence-electron chi connectivity index (χ1n) is 8.59. The largest absolute Gasteiger partial charge is 0.382 e. The van der Waals surface area contributed by atoms with Gasteiger partial charge in [-0.25, -0.2) is 0 Å². The van der Waals surface area contributed by atoms with Gasteiger partial charge >= 0.3 is 0 Å². The molecule has 5 nitrogen and oxygen atoms in total. The van der Waals surface area contributed by atoms with Crippen LogP contribution in [0, 0.1) is 0 Å². The highest BCUT2D eigenvalue weighted by Crippen LogP contribution is 2.11. The van der Waals surface area contributed by atoms with Crippen molar-refractivity contribution in [2.75, 3.05) is 19.8 Å². The van der Waals surface area contributed by atoms with Gasteiger partial charge in [0, 0.05) is 41.9 Å². The van der Waals surface area contributed by atoms with E-state index in [1.807, 2.05) is 31.2 Å². The first-order chi connectivity index (χ1) is 12.6. The Kier molecular flexibility index (Phi) is 8.31. The number of hydrogen-bond donors (Lipinski definition) is 2. The average Bonchev–Trinajstić information content (AvgIpc) is 2.66. The van der Waals surface area contributed by atoms with Crippen molar-refractivity contribution in [3.8, 4) is 0 Å². The van der Waals surface area contributed by atoms with Gasteiger partial charge in [-0.15, -0.1) is 0 Å². The Labute approximate surface area is 162 Å². The van der Waals surface area contributed by atoms with Gasteiger partial charge in [0.2, 0.25) is 0 Å². The summed E-state index contributed by atoms with van der Waals surface area (Å²) < 4.78 is 6.16. The van der Waals surface area contributed by atoms with E-state index in [0.717, 1.165) is 16.5 Å². The van der Waals surface area contributed by atoms with Crippen LogP contribution in [0.4, 0.5) is 0 Å². The van der Waals surface area contributed by atoms with Crippen LogP contribution in [0.5, 0.6) is 0 Å². The van der Waals surface area contributed by atoms with Crippen molar-refractivity contribution in [1.29, 1.82) is 0 Å². The van der Waals surface area contributed by atoms with E-state index in [9.17, 15) is 9.59 Å². The number of nitrogens with one attached hydrogen (secondary N) is 2. The molecule has 0 saturated heterocycles. The summed E-state index contributed by atoms with van der Waals surface area (Å²) in [6.07, 6.45) is 0.791. The first-order valence-corrected chi connectivity index (χ1v) is 9.38. The lowest BCUT2D eigenvalue weighted by Gasteiger charge is -2.08. The molecule has 0 fully saturated rings. The van der Waals surface area contributed by atoms with Gasteiger partial charge in [0.1, 0.15) is 0 Å². The van der Waals surface area contributed by atoms with Gasteiger partial charge in [-0.1, -0.05) is 28.1 Å². The minimum atomic E-state index is -0.131. The number of benzene rings is 2. The summed E-state index contributed by atoms with van der Waals surface area (Å²) in [4.78, 5) is 24.1. The number of amides is 2. The van der Waals surface area contributed by atoms with Crippen molar-refractivity contribution in [3.63, 3.8) is 0 Å². The predicted molar refractivity (Wildman–Crippen MR) is 105 cm³/mol. The molecule has 0 unspecified atom stereocenters. The van der Waals surface area contributed by atoms with E-state index in [4.69, 9.17) is 4.74 Å². The average molecular weight is 419 g/mol. The summed E-state index contributed by atoms with van der Waals surface area (Å²) in [5, 5.41) is 5.73. The van der Waals surface area contributed by atoms with E-state index in [1.54, 1.807) is 24.3 Å². The highest BCUT2D eigenvalue weighted by molar-refractivity contribution is 9.10. The molecule has 26 heavy (non-hydrogen) atoms. The van der Waals surface area contributed by atoms with Gasteiger partial charge in [-0.05, 0) is 55.3 Å². The minimum absolute atomic E-state index is 0.105. The Bertz CT molecular complexity index is 715. The summed E-state index contributed by atoms with van der Waals surface area (Å²) in [6.45, 7) is 4.28. The molecule has 0 radical (unpaired) electrons. The third-order valence-electron chi connectivity index (χ3n) is 3.73. The Hall–Kier alpha value is -2.18. The van der Waals surface area contributed by atoms with Crippen LogP contribution in [-0.2, 0) is 11.3 Å². The summed E-state index contributed by atoms with van der Waals surface area (Å²) >= 11 is 3.34. The fraction of sp³-hybridized carbons (Fsp3) is 0.300. The number of hydrogen-bond acceptors (Lipinski definition) is 3. The number of halogens is 1. The SMILES string of the molecule is CCOCCCNC(=O)c1ccc(CNC(=O)c2ccc(Br)cc2)cc1. The van der Waals surface area contributed by atoms with Crippen LogP contribution in [0.3, 0.4) is 0 Å². The maximum absolute atomic E-state index is 12.1. The molecule has 2 rings (SSSR count). The van der Waals surface area contributed by atoms with Crippen LogP contribution in [0.2, 0.25) is 0 Å². The molecule has 2 N–H and O–H groups in total. The van der Waals surface area contributed by atoms with Crippen molar-refractivity contribution in [2.24, 2.45) is 0 Å². The highest BCUT2D eigenvalue weighted by atomic mass is 79.9. The topological polar surface area (TPSA) is 67.4 Å². The van der Waals surface area contributed by atoms with Crippen molar-refractivity contribution in [1.82, 2.24) is 10.6 Å². The minimum Gasteiger partial charge on any atom is -0.382 e. The molecule has 0 aliphatic rings. The Balaban J connectivity index is 1.78. The van der Waals surface area contributed by atoms with Gasteiger partial charge in [0.05, 0.1) is 0 Å². The van der Waals surface area contributed by atoms with Gasteiger partial charge in [-0.3, -0.25) is 9.59 Å². The predicted octanol–water partition coefficient (Wildman–Crippen LogP) is 3.54. The Morgan fingerprint density at radius 1 is 0.923 bits per heavy atom. The second-order valence-corrected chi connectivity index (χ2v) is 6.61. The van der Waals surface area contributed by atoms with Crippen molar-refractivity contribution < 1.29 is 14.3 Å². The zero-order chi connectivity index (χ0) is 18.8. The van der Waals surface area contributed by atoms with Gasteiger partial charge in [-0.2, -0.15) is 0 Å². The second-order valence-electron chi connectivity index (χ2n) is 5.69. The Morgan fingerprint density at radius 3 is 2.12 bits per heavy atom. The molecule has 0 aliphatic heterocycles. The van der Waals surface area contributed by atoms with E-state index in [1.165, 1.54) is 0 Å². The lowest BCUT2D eigenvalue weighted by Crippen LogP contribution is -2.25. The first kappa shape index (κ1) is 20.1. The molecule has 2 aromatic carbocycles. The molecule has 138 valence electrons. The normalized spacial score (nSPS) is 10.4. The molecular weight excluding hydrogens is 396 g/mol. The molecule has 6 heteroatoms. The number of carbonyl (C=O) groups excluding carboxylic acids is 2. The third-order valence-corrected chi connectivity index (χ3v) is 4.26. The fourth-order valence-electron chi connectivity index (χ4n) is 2.28. The third kappa shape index (κ3) is 6.61. The molecule has 2 amide bonds. The second kappa shape index (κ2) is 10.7. The van der Waals surface area contributed by atoms with E-state index < -0.39 is 0 Å². The lowest BCUT2D eigenvalue weighted by atomic mass is 10.1. The zero-order valence-corrected chi connectivity index (χ0v) is 16.3. The molecule has 0 aliphatic carbocycles. The summed E-state index contributed by atoms with van der Waals surface area (Å²) in [5.74, 6) is -0.236. The van der Waals surface area contributed by atoms with E-state index >= 15 is 0 Å². The summed E-state index contributed by atoms with van der Waals surface area (Å²) in [7, 11) is 0. The van der Waals surface area contributed by atoms with Crippen LogP contribution in [0.1, 0.15) is 39.6 Å². The van der Waals surface area contributed by atoms with E-state index in [2.05, 4.69) is 26.6 Å². The quantitative estimate of drug-likeness (QED) is 0.611. The molecular formula is C20H23BrN2O3. The monoisotopic (exact) mass is 418 g/mol. The van der Waals surface area contributed by atoms with Gasteiger partial charge in [0.25, 0.3) is 11.8 Å². The lowest BCUT2D eigenvalue weighted by molar-refractivity contribution is 0.0937. The van der Waals surface area contributed by atoms with Crippen LogP contribution in [-0.4, -0.2) is 31.6 Å². The van der Waals surface area contributed by atoms with Crippen LogP contribution < -0.4 is 10.6 Å². The van der Waals surface area contributed by atoms with Crippen molar-refractivity contribution >= 4 is 27.7 Å². The van der Waals surface area contributed by atoms with E-state index in [-0.39, 0.29) is 11.8 Å². The zero-order valence-electron chi connectivity index (χ0n) is 14.8. The molecule has 0 atom stereocenters. The highest BCUT2D eigenvalue weighted by Gasteiger charge is 2.07. The number of rotatable bonds is 9. The smallest absolute Gasteiger partial charge is 0.251 e. The summed E-state index contributed by atoms with van der Waals surface area (Å²) in [5.41, 5.74) is 2.14. The molecule has 0 spiro atoms. The molecule has 0 saturated carbocycles. The molecule has 0 aromatic heterocycles. The number of carbonyl (C=O) groups is 2.